The number of carbonyl (C=O) groups is 2. The van der Waals surface area contributed by atoms with E-state index in [1.165, 1.54) is 11.3 Å². The van der Waals surface area contributed by atoms with Crippen LogP contribution >= 0.6 is 22.9 Å². The van der Waals surface area contributed by atoms with Crippen LogP contribution in [0.3, 0.4) is 0 Å². The van der Waals surface area contributed by atoms with Crippen molar-refractivity contribution >= 4 is 34.8 Å². The standard InChI is InChI=1S/C12H14ClNO3S/c13-10-2-1-9(18-10)12(17)14-5-3-8(4-6-14)7-11(15)16/h1-2,8H,3-7H2,(H,15,16). The summed E-state index contributed by atoms with van der Waals surface area (Å²) >= 11 is 7.09. The lowest BCUT2D eigenvalue weighted by atomic mass is 9.93. The summed E-state index contributed by atoms with van der Waals surface area (Å²) in [6, 6.07) is 3.45. The van der Waals surface area contributed by atoms with Crippen LogP contribution in [0.1, 0.15) is 28.9 Å². The summed E-state index contributed by atoms with van der Waals surface area (Å²) in [5.74, 6) is -0.566. The minimum atomic E-state index is -0.759. The average Bonchev–Trinajstić information content (AvgIpc) is 2.75. The van der Waals surface area contributed by atoms with Gasteiger partial charge in [0.2, 0.25) is 0 Å². The van der Waals surface area contributed by atoms with Crippen molar-refractivity contribution in [3.8, 4) is 0 Å². The second kappa shape index (κ2) is 5.71. The zero-order chi connectivity index (χ0) is 13.1. The maximum atomic E-state index is 12.1. The van der Waals surface area contributed by atoms with Gasteiger partial charge in [0.05, 0.1) is 9.21 Å². The van der Waals surface area contributed by atoms with Crippen molar-refractivity contribution in [2.45, 2.75) is 19.3 Å². The molecule has 1 aliphatic rings. The van der Waals surface area contributed by atoms with E-state index in [1.807, 2.05) is 0 Å². The van der Waals surface area contributed by atoms with Crippen LogP contribution in [0.5, 0.6) is 0 Å². The number of aliphatic carboxylic acids is 1. The molecule has 0 unspecified atom stereocenters. The van der Waals surface area contributed by atoms with Crippen LogP contribution in [0.2, 0.25) is 4.34 Å². The Kier molecular flexibility index (Phi) is 4.24. The second-order valence-electron chi connectivity index (χ2n) is 4.44. The van der Waals surface area contributed by atoms with E-state index in [-0.39, 0.29) is 18.2 Å². The van der Waals surface area contributed by atoms with Gasteiger partial charge in [-0.05, 0) is 30.9 Å². The number of rotatable bonds is 3. The van der Waals surface area contributed by atoms with Gasteiger partial charge in [0.15, 0.2) is 0 Å². The molecule has 18 heavy (non-hydrogen) atoms. The molecule has 0 bridgehead atoms. The highest BCUT2D eigenvalue weighted by molar-refractivity contribution is 7.17. The first-order valence-electron chi connectivity index (χ1n) is 5.82. The summed E-state index contributed by atoms with van der Waals surface area (Å²) in [5, 5.41) is 8.73. The van der Waals surface area contributed by atoms with Gasteiger partial charge in [-0.2, -0.15) is 0 Å². The zero-order valence-electron chi connectivity index (χ0n) is 9.76. The van der Waals surface area contributed by atoms with Gasteiger partial charge in [-0.25, -0.2) is 0 Å². The molecular weight excluding hydrogens is 274 g/mol. The molecule has 1 N–H and O–H groups in total. The monoisotopic (exact) mass is 287 g/mol. The molecule has 98 valence electrons. The Hall–Kier alpha value is -1.07. The Labute approximate surface area is 114 Å². The molecule has 0 spiro atoms. The van der Waals surface area contributed by atoms with E-state index in [0.717, 1.165) is 12.8 Å². The number of carboxylic acids is 1. The first kappa shape index (κ1) is 13.4. The lowest BCUT2D eigenvalue weighted by Crippen LogP contribution is -2.38. The highest BCUT2D eigenvalue weighted by atomic mass is 35.5. The second-order valence-corrected chi connectivity index (χ2v) is 6.15. The molecule has 1 saturated heterocycles. The smallest absolute Gasteiger partial charge is 0.303 e. The van der Waals surface area contributed by atoms with E-state index in [0.29, 0.717) is 22.3 Å². The number of hydrogen-bond donors (Lipinski definition) is 1. The first-order valence-corrected chi connectivity index (χ1v) is 7.02. The molecule has 0 radical (unpaired) electrons. The van der Waals surface area contributed by atoms with Crippen molar-refractivity contribution in [3.05, 3.63) is 21.3 Å². The Morgan fingerprint density at radius 3 is 2.56 bits per heavy atom. The fraction of sp³-hybridized carbons (Fsp3) is 0.500. The SMILES string of the molecule is O=C(O)CC1CCN(C(=O)c2ccc(Cl)s2)CC1. The third kappa shape index (κ3) is 3.23. The number of hydrogen-bond acceptors (Lipinski definition) is 3. The van der Waals surface area contributed by atoms with Crippen LogP contribution < -0.4 is 0 Å². The van der Waals surface area contributed by atoms with Gasteiger partial charge < -0.3 is 10.0 Å². The fourth-order valence-electron chi connectivity index (χ4n) is 2.17. The quantitative estimate of drug-likeness (QED) is 0.930. The van der Waals surface area contributed by atoms with Crippen LogP contribution in [0.4, 0.5) is 0 Å². The molecule has 2 rings (SSSR count). The minimum Gasteiger partial charge on any atom is -0.481 e. The fourth-order valence-corrected chi connectivity index (χ4v) is 3.18. The van der Waals surface area contributed by atoms with E-state index in [9.17, 15) is 9.59 Å². The normalized spacial score (nSPS) is 16.8. The highest BCUT2D eigenvalue weighted by Crippen LogP contribution is 2.26. The van der Waals surface area contributed by atoms with Crippen molar-refractivity contribution in [2.75, 3.05) is 13.1 Å². The van der Waals surface area contributed by atoms with Crippen molar-refractivity contribution < 1.29 is 14.7 Å². The van der Waals surface area contributed by atoms with E-state index >= 15 is 0 Å². The van der Waals surface area contributed by atoms with Crippen molar-refractivity contribution in [3.63, 3.8) is 0 Å². The summed E-state index contributed by atoms with van der Waals surface area (Å²) in [6.45, 7) is 1.26. The molecule has 0 atom stereocenters. The van der Waals surface area contributed by atoms with Crippen molar-refractivity contribution in [1.82, 2.24) is 4.90 Å². The molecule has 1 aliphatic heterocycles. The van der Waals surface area contributed by atoms with Gasteiger partial charge in [0.25, 0.3) is 5.91 Å². The van der Waals surface area contributed by atoms with Crippen LogP contribution in [0, 0.1) is 5.92 Å². The summed E-state index contributed by atoms with van der Waals surface area (Å²) in [6.07, 6.45) is 1.72. The average molecular weight is 288 g/mol. The summed E-state index contributed by atoms with van der Waals surface area (Å²) in [5.41, 5.74) is 0. The van der Waals surface area contributed by atoms with E-state index in [2.05, 4.69) is 0 Å². The van der Waals surface area contributed by atoms with Gasteiger partial charge in [0.1, 0.15) is 0 Å². The molecule has 4 nitrogen and oxygen atoms in total. The maximum absolute atomic E-state index is 12.1. The lowest BCUT2D eigenvalue weighted by molar-refractivity contribution is -0.138. The summed E-state index contributed by atoms with van der Waals surface area (Å²) in [7, 11) is 0. The van der Waals surface area contributed by atoms with Gasteiger partial charge >= 0.3 is 5.97 Å². The number of carboxylic acid groups (broad SMARTS) is 1. The Morgan fingerprint density at radius 2 is 2.06 bits per heavy atom. The molecule has 6 heteroatoms. The van der Waals surface area contributed by atoms with E-state index in [4.69, 9.17) is 16.7 Å². The number of halogens is 1. The predicted molar refractivity (Wildman–Crippen MR) is 70.2 cm³/mol. The Balaban J connectivity index is 1.90. The number of piperidine rings is 1. The molecule has 0 aromatic carbocycles. The summed E-state index contributed by atoms with van der Waals surface area (Å²) < 4.78 is 0.610. The Morgan fingerprint density at radius 1 is 1.39 bits per heavy atom. The third-order valence-electron chi connectivity index (χ3n) is 3.15. The molecule has 0 aliphatic carbocycles. The third-order valence-corrected chi connectivity index (χ3v) is 4.37. The molecular formula is C12H14ClNO3S. The number of nitrogens with zero attached hydrogens (tertiary/aromatic N) is 1. The number of likely N-dealkylation sites (tertiary alicyclic amines) is 1. The molecule has 1 aromatic rings. The number of thiophene rings is 1. The van der Waals surface area contributed by atoms with E-state index < -0.39 is 5.97 Å². The van der Waals surface area contributed by atoms with Crippen LogP contribution in [0.25, 0.3) is 0 Å². The molecule has 0 saturated carbocycles. The minimum absolute atomic E-state index is 0.000625. The maximum Gasteiger partial charge on any atom is 0.303 e. The largest absolute Gasteiger partial charge is 0.481 e. The number of amides is 1. The van der Waals surface area contributed by atoms with Gasteiger partial charge in [-0.15, -0.1) is 11.3 Å². The molecule has 1 aromatic heterocycles. The highest BCUT2D eigenvalue weighted by Gasteiger charge is 2.25. The van der Waals surface area contributed by atoms with Gasteiger partial charge in [0, 0.05) is 19.5 Å². The predicted octanol–water partition coefficient (Wildman–Crippen LogP) is 2.73. The van der Waals surface area contributed by atoms with Crippen molar-refractivity contribution in [1.29, 1.82) is 0 Å². The number of carbonyl (C=O) groups excluding carboxylic acids is 1. The van der Waals surface area contributed by atoms with E-state index in [1.54, 1.807) is 17.0 Å². The molecule has 1 amide bonds. The molecule has 1 fully saturated rings. The first-order chi connectivity index (χ1) is 8.56. The molecule has 2 heterocycles. The zero-order valence-corrected chi connectivity index (χ0v) is 11.3. The van der Waals surface area contributed by atoms with Gasteiger partial charge in [-0.3, -0.25) is 9.59 Å². The lowest BCUT2D eigenvalue weighted by Gasteiger charge is -2.31. The van der Waals surface area contributed by atoms with Crippen LogP contribution in [0.15, 0.2) is 12.1 Å². The van der Waals surface area contributed by atoms with Gasteiger partial charge in [-0.1, -0.05) is 11.6 Å². The summed E-state index contributed by atoms with van der Waals surface area (Å²) in [4.78, 5) is 25.1. The Bertz CT molecular complexity index is 452. The van der Waals surface area contributed by atoms with Crippen LogP contribution in [-0.4, -0.2) is 35.0 Å². The van der Waals surface area contributed by atoms with Crippen LogP contribution in [-0.2, 0) is 4.79 Å². The van der Waals surface area contributed by atoms with Crippen molar-refractivity contribution in [2.24, 2.45) is 5.92 Å². The topological polar surface area (TPSA) is 57.6 Å².